The van der Waals surface area contributed by atoms with Gasteiger partial charge < -0.3 is 10.6 Å². The van der Waals surface area contributed by atoms with Crippen LogP contribution >= 0.6 is 22.9 Å². The Balaban J connectivity index is 1.82. The molecule has 0 saturated heterocycles. The van der Waals surface area contributed by atoms with Crippen LogP contribution in [0.25, 0.3) is 0 Å². The van der Waals surface area contributed by atoms with Gasteiger partial charge in [0.15, 0.2) is 0 Å². The number of halogens is 2. The summed E-state index contributed by atoms with van der Waals surface area (Å²) < 4.78 is 13.4. The Morgan fingerprint density at radius 3 is 2.60 bits per heavy atom. The zero-order chi connectivity index (χ0) is 14.5. The second kappa shape index (κ2) is 6.72. The maximum Gasteiger partial charge on any atom is 0.315 e. The van der Waals surface area contributed by atoms with Crippen LogP contribution in [0.1, 0.15) is 23.4 Å². The molecule has 106 valence electrons. The van der Waals surface area contributed by atoms with Crippen LogP contribution in [0.5, 0.6) is 0 Å². The molecule has 3 nitrogen and oxygen atoms in total. The second-order valence-corrected chi connectivity index (χ2v) is 6.06. The Morgan fingerprint density at radius 1 is 1.30 bits per heavy atom. The number of carbonyl (C=O) groups is 1. The Bertz CT molecular complexity index is 585. The van der Waals surface area contributed by atoms with Crippen LogP contribution in [0.3, 0.4) is 0 Å². The van der Waals surface area contributed by atoms with Crippen molar-refractivity contribution >= 4 is 29.0 Å². The van der Waals surface area contributed by atoms with Gasteiger partial charge in [-0.05, 0) is 36.8 Å². The molecule has 0 aliphatic rings. The summed E-state index contributed by atoms with van der Waals surface area (Å²) in [7, 11) is 0. The van der Waals surface area contributed by atoms with Crippen molar-refractivity contribution in [1.82, 2.24) is 10.6 Å². The lowest BCUT2D eigenvalue weighted by atomic mass is 10.2. The van der Waals surface area contributed by atoms with E-state index in [9.17, 15) is 9.18 Å². The molecule has 0 saturated carbocycles. The predicted octanol–water partition coefficient (Wildman–Crippen LogP) is 4.10. The Morgan fingerprint density at radius 2 is 2.00 bits per heavy atom. The quantitative estimate of drug-likeness (QED) is 0.876. The number of benzene rings is 1. The van der Waals surface area contributed by atoms with Gasteiger partial charge >= 0.3 is 6.03 Å². The molecule has 1 atom stereocenters. The average Bonchev–Trinajstić information content (AvgIpc) is 2.85. The van der Waals surface area contributed by atoms with E-state index in [0.717, 1.165) is 10.4 Å². The Labute approximate surface area is 125 Å². The van der Waals surface area contributed by atoms with Gasteiger partial charge in [0.25, 0.3) is 0 Å². The second-order valence-electron chi connectivity index (χ2n) is 4.32. The van der Waals surface area contributed by atoms with E-state index in [1.807, 2.05) is 13.0 Å². The first kappa shape index (κ1) is 14.8. The highest BCUT2D eigenvalue weighted by molar-refractivity contribution is 7.16. The minimum Gasteiger partial charge on any atom is -0.334 e. The first-order chi connectivity index (χ1) is 9.54. The van der Waals surface area contributed by atoms with Gasteiger partial charge in [0.2, 0.25) is 0 Å². The fourth-order valence-electron chi connectivity index (χ4n) is 1.66. The number of carbonyl (C=O) groups excluding carboxylic acids is 1. The highest BCUT2D eigenvalue weighted by Crippen LogP contribution is 2.26. The standard InChI is InChI=1S/C14H14ClFN2OS/c1-9(12-6-7-13(15)20-12)18-14(19)17-8-10-2-4-11(16)5-3-10/h2-7,9H,8H2,1H3,(H2,17,18,19). The zero-order valence-corrected chi connectivity index (χ0v) is 12.4. The third kappa shape index (κ3) is 4.21. The smallest absolute Gasteiger partial charge is 0.315 e. The number of amides is 2. The van der Waals surface area contributed by atoms with E-state index in [4.69, 9.17) is 11.6 Å². The van der Waals surface area contributed by atoms with E-state index in [-0.39, 0.29) is 17.9 Å². The van der Waals surface area contributed by atoms with E-state index >= 15 is 0 Å². The van der Waals surface area contributed by atoms with Crippen molar-refractivity contribution < 1.29 is 9.18 Å². The minimum atomic E-state index is -0.290. The number of rotatable bonds is 4. The van der Waals surface area contributed by atoms with Gasteiger partial charge in [-0.25, -0.2) is 9.18 Å². The third-order valence-corrected chi connectivity index (χ3v) is 4.15. The molecular formula is C14H14ClFN2OS. The van der Waals surface area contributed by atoms with E-state index in [2.05, 4.69) is 10.6 Å². The largest absolute Gasteiger partial charge is 0.334 e. The highest BCUT2D eigenvalue weighted by atomic mass is 35.5. The molecule has 2 amide bonds. The van der Waals surface area contributed by atoms with Gasteiger partial charge in [-0.1, -0.05) is 23.7 Å². The van der Waals surface area contributed by atoms with E-state index in [0.29, 0.717) is 10.9 Å². The molecular weight excluding hydrogens is 299 g/mol. The van der Waals surface area contributed by atoms with E-state index in [1.165, 1.54) is 23.5 Å². The number of thiophene rings is 1. The van der Waals surface area contributed by atoms with Crippen LogP contribution in [0, 0.1) is 5.82 Å². The molecule has 0 aliphatic heterocycles. The molecule has 2 rings (SSSR count). The summed E-state index contributed by atoms with van der Waals surface area (Å²) in [5.74, 6) is -0.290. The SMILES string of the molecule is CC(NC(=O)NCc1ccc(F)cc1)c1ccc(Cl)s1. The lowest BCUT2D eigenvalue weighted by Crippen LogP contribution is -2.36. The first-order valence-electron chi connectivity index (χ1n) is 6.08. The number of urea groups is 1. The molecule has 0 fully saturated rings. The average molecular weight is 313 g/mol. The van der Waals surface area contributed by atoms with E-state index in [1.54, 1.807) is 18.2 Å². The third-order valence-electron chi connectivity index (χ3n) is 2.73. The van der Waals surface area contributed by atoms with Gasteiger partial charge in [-0.15, -0.1) is 11.3 Å². The molecule has 2 aromatic rings. The summed E-state index contributed by atoms with van der Waals surface area (Å²) in [5, 5.41) is 5.54. The fraction of sp³-hybridized carbons (Fsp3) is 0.214. The Kier molecular flexibility index (Phi) is 4.98. The van der Waals surface area contributed by atoms with Crippen LogP contribution in [0.4, 0.5) is 9.18 Å². The molecule has 1 aromatic heterocycles. The molecule has 0 radical (unpaired) electrons. The highest BCUT2D eigenvalue weighted by Gasteiger charge is 2.11. The summed E-state index contributed by atoms with van der Waals surface area (Å²) in [4.78, 5) is 12.7. The molecule has 0 aliphatic carbocycles. The van der Waals surface area contributed by atoms with Gasteiger partial charge in [0.05, 0.1) is 10.4 Å². The monoisotopic (exact) mass is 312 g/mol. The van der Waals surface area contributed by atoms with Crippen molar-refractivity contribution in [1.29, 1.82) is 0 Å². The van der Waals surface area contributed by atoms with Crippen molar-refractivity contribution in [2.24, 2.45) is 0 Å². The normalized spacial score (nSPS) is 11.9. The lowest BCUT2D eigenvalue weighted by Gasteiger charge is -2.13. The lowest BCUT2D eigenvalue weighted by molar-refractivity contribution is 0.237. The number of nitrogens with one attached hydrogen (secondary N) is 2. The molecule has 0 spiro atoms. The number of hydrogen-bond donors (Lipinski definition) is 2. The maximum atomic E-state index is 12.7. The van der Waals surface area contributed by atoms with Crippen molar-refractivity contribution in [2.45, 2.75) is 19.5 Å². The van der Waals surface area contributed by atoms with Crippen LogP contribution in [-0.4, -0.2) is 6.03 Å². The summed E-state index contributed by atoms with van der Waals surface area (Å²) >= 11 is 7.29. The van der Waals surface area contributed by atoms with Crippen LogP contribution < -0.4 is 10.6 Å². The molecule has 1 heterocycles. The van der Waals surface area contributed by atoms with Crippen molar-refractivity contribution in [2.75, 3.05) is 0 Å². The summed E-state index contributed by atoms with van der Waals surface area (Å²) in [6, 6.07) is 9.31. The minimum absolute atomic E-state index is 0.110. The van der Waals surface area contributed by atoms with Crippen molar-refractivity contribution in [3.05, 3.63) is 57.0 Å². The molecule has 1 unspecified atom stereocenters. The summed E-state index contributed by atoms with van der Waals surface area (Å²) in [6.07, 6.45) is 0. The van der Waals surface area contributed by atoms with Crippen molar-refractivity contribution in [3.63, 3.8) is 0 Å². The van der Waals surface area contributed by atoms with Crippen LogP contribution in [-0.2, 0) is 6.54 Å². The topological polar surface area (TPSA) is 41.1 Å². The van der Waals surface area contributed by atoms with Gasteiger partial charge in [-0.2, -0.15) is 0 Å². The first-order valence-corrected chi connectivity index (χ1v) is 7.28. The maximum absolute atomic E-state index is 12.7. The number of hydrogen-bond acceptors (Lipinski definition) is 2. The molecule has 0 bridgehead atoms. The van der Waals surface area contributed by atoms with Gasteiger partial charge in [0, 0.05) is 11.4 Å². The van der Waals surface area contributed by atoms with Crippen LogP contribution in [0.2, 0.25) is 4.34 Å². The molecule has 6 heteroatoms. The summed E-state index contributed by atoms with van der Waals surface area (Å²) in [6.45, 7) is 2.24. The molecule has 1 aromatic carbocycles. The van der Waals surface area contributed by atoms with Crippen molar-refractivity contribution in [3.8, 4) is 0 Å². The molecule has 20 heavy (non-hydrogen) atoms. The van der Waals surface area contributed by atoms with E-state index < -0.39 is 0 Å². The van der Waals surface area contributed by atoms with Gasteiger partial charge in [-0.3, -0.25) is 0 Å². The molecule has 2 N–H and O–H groups in total. The fourth-order valence-corrected chi connectivity index (χ4v) is 2.73. The Hall–Kier alpha value is -1.59. The predicted molar refractivity (Wildman–Crippen MR) is 79.5 cm³/mol. The zero-order valence-electron chi connectivity index (χ0n) is 10.8. The van der Waals surface area contributed by atoms with Crippen LogP contribution in [0.15, 0.2) is 36.4 Å². The van der Waals surface area contributed by atoms with Gasteiger partial charge in [0.1, 0.15) is 5.82 Å². The summed E-state index contributed by atoms with van der Waals surface area (Å²) in [5.41, 5.74) is 0.841.